The number of nitrogen functional groups attached to an aromatic ring is 1. The predicted molar refractivity (Wildman–Crippen MR) is 87.1 cm³/mol. The van der Waals surface area contributed by atoms with Crippen LogP contribution in [0.25, 0.3) is 0 Å². The Hall–Kier alpha value is -0.490. The first-order valence-electron chi connectivity index (χ1n) is 6.62. The number of hydrogen-bond acceptors (Lipinski definition) is 3. The summed E-state index contributed by atoms with van der Waals surface area (Å²) in [7, 11) is 2.17. The first-order valence-corrected chi connectivity index (χ1v) is 7.70. The Labute approximate surface area is 123 Å². The fourth-order valence-corrected chi connectivity index (χ4v) is 3.18. The van der Waals surface area contributed by atoms with Gasteiger partial charge in [-0.15, -0.1) is 0 Å². The minimum absolute atomic E-state index is 0.621. The van der Waals surface area contributed by atoms with Gasteiger partial charge >= 0.3 is 0 Å². The first kappa shape index (κ1) is 13.9. The van der Waals surface area contributed by atoms with Crippen LogP contribution in [0.1, 0.15) is 19.8 Å². The summed E-state index contributed by atoms with van der Waals surface area (Å²) >= 11 is 2.30. The van der Waals surface area contributed by atoms with Crippen LogP contribution in [0.5, 0.6) is 0 Å². The molecule has 1 aromatic rings. The summed E-state index contributed by atoms with van der Waals surface area (Å²) in [5.41, 5.74) is 8.19. The van der Waals surface area contributed by atoms with Gasteiger partial charge in [0, 0.05) is 29.7 Å². The third-order valence-corrected chi connectivity index (χ3v) is 4.59. The minimum atomic E-state index is 0.621. The molecule has 0 atom stereocenters. The maximum Gasteiger partial charge on any atom is 0.0600 e. The van der Waals surface area contributed by atoms with E-state index in [9.17, 15) is 0 Å². The molecular weight excluding hydrogens is 337 g/mol. The second kappa shape index (κ2) is 6.10. The fraction of sp³-hybridized carbons (Fsp3) is 0.571. The van der Waals surface area contributed by atoms with E-state index in [4.69, 9.17) is 5.73 Å². The van der Waals surface area contributed by atoms with Crippen LogP contribution in [0.15, 0.2) is 18.2 Å². The number of hydrogen-bond donors (Lipinski definition) is 1. The Morgan fingerprint density at radius 2 is 2.06 bits per heavy atom. The quantitative estimate of drug-likeness (QED) is 0.666. The third kappa shape index (κ3) is 3.09. The molecule has 2 N–H and O–H groups in total. The van der Waals surface area contributed by atoms with E-state index in [0.717, 1.165) is 5.69 Å². The molecule has 1 heterocycles. The van der Waals surface area contributed by atoms with Crippen molar-refractivity contribution in [3.05, 3.63) is 21.8 Å². The van der Waals surface area contributed by atoms with Crippen molar-refractivity contribution in [3.8, 4) is 0 Å². The number of benzene rings is 1. The van der Waals surface area contributed by atoms with Gasteiger partial charge in [0.1, 0.15) is 0 Å². The van der Waals surface area contributed by atoms with E-state index in [0.29, 0.717) is 6.04 Å². The molecule has 1 saturated heterocycles. The molecule has 0 radical (unpaired) electrons. The summed E-state index contributed by atoms with van der Waals surface area (Å²) in [5, 5.41) is 0. The van der Waals surface area contributed by atoms with Gasteiger partial charge in [-0.3, -0.25) is 0 Å². The van der Waals surface area contributed by atoms with Crippen molar-refractivity contribution in [2.75, 3.05) is 37.3 Å². The molecule has 1 aromatic carbocycles. The standard InChI is InChI=1S/C14H22IN3/c1-3-18-8-6-12(7-9-18)17(2)14-5-4-11(15)10-13(14)16/h4-5,10,12H,3,6-9,16H2,1-2H3. The van der Waals surface area contributed by atoms with Crippen molar-refractivity contribution in [2.24, 2.45) is 0 Å². The lowest BCUT2D eigenvalue weighted by molar-refractivity contribution is 0.221. The largest absolute Gasteiger partial charge is 0.397 e. The molecule has 0 aliphatic carbocycles. The summed E-state index contributed by atoms with van der Waals surface area (Å²) in [4.78, 5) is 4.88. The number of piperidine rings is 1. The number of halogens is 1. The molecule has 0 unspecified atom stereocenters. The molecule has 1 aliphatic rings. The van der Waals surface area contributed by atoms with Crippen LogP contribution in [0, 0.1) is 3.57 Å². The highest BCUT2D eigenvalue weighted by Crippen LogP contribution is 2.28. The summed E-state index contributed by atoms with van der Waals surface area (Å²) in [6, 6.07) is 6.94. The van der Waals surface area contributed by atoms with E-state index in [2.05, 4.69) is 58.5 Å². The van der Waals surface area contributed by atoms with Gasteiger partial charge in [-0.2, -0.15) is 0 Å². The van der Waals surface area contributed by atoms with Crippen molar-refractivity contribution in [1.82, 2.24) is 4.90 Å². The Morgan fingerprint density at radius 1 is 1.39 bits per heavy atom. The van der Waals surface area contributed by atoms with Crippen molar-refractivity contribution in [3.63, 3.8) is 0 Å². The lowest BCUT2D eigenvalue weighted by Gasteiger charge is -2.37. The van der Waals surface area contributed by atoms with Crippen molar-refractivity contribution in [1.29, 1.82) is 0 Å². The van der Waals surface area contributed by atoms with Crippen molar-refractivity contribution < 1.29 is 0 Å². The molecule has 18 heavy (non-hydrogen) atoms. The second-order valence-electron chi connectivity index (χ2n) is 4.98. The SMILES string of the molecule is CCN1CCC(N(C)c2ccc(I)cc2N)CC1. The van der Waals surface area contributed by atoms with Crippen LogP contribution in [-0.4, -0.2) is 37.6 Å². The number of likely N-dealkylation sites (tertiary alicyclic amines) is 1. The van der Waals surface area contributed by atoms with Gasteiger partial charge in [0.25, 0.3) is 0 Å². The molecule has 1 fully saturated rings. The Bertz CT molecular complexity index is 400. The van der Waals surface area contributed by atoms with Gasteiger partial charge < -0.3 is 15.5 Å². The van der Waals surface area contributed by atoms with E-state index < -0.39 is 0 Å². The number of nitrogens with zero attached hydrogens (tertiary/aromatic N) is 2. The van der Waals surface area contributed by atoms with Crippen LogP contribution in [0.2, 0.25) is 0 Å². The highest BCUT2D eigenvalue weighted by Gasteiger charge is 2.22. The maximum atomic E-state index is 6.13. The van der Waals surface area contributed by atoms with Gasteiger partial charge in [-0.05, 0) is 60.2 Å². The topological polar surface area (TPSA) is 32.5 Å². The summed E-state index contributed by atoms with van der Waals surface area (Å²) < 4.78 is 1.20. The highest BCUT2D eigenvalue weighted by molar-refractivity contribution is 14.1. The molecule has 2 rings (SSSR count). The van der Waals surface area contributed by atoms with E-state index in [1.807, 2.05) is 6.07 Å². The summed E-state index contributed by atoms with van der Waals surface area (Å²) in [6.07, 6.45) is 2.46. The van der Waals surface area contributed by atoms with Crippen LogP contribution < -0.4 is 10.6 Å². The Balaban J connectivity index is 2.05. The van der Waals surface area contributed by atoms with Gasteiger partial charge in [0.15, 0.2) is 0 Å². The van der Waals surface area contributed by atoms with Gasteiger partial charge in [-0.1, -0.05) is 6.92 Å². The zero-order valence-electron chi connectivity index (χ0n) is 11.2. The number of nitrogens with two attached hydrogens (primary N) is 1. The number of rotatable bonds is 3. The zero-order chi connectivity index (χ0) is 13.1. The monoisotopic (exact) mass is 359 g/mol. The van der Waals surface area contributed by atoms with E-state index in [1.165, 1.54) is 41.7 Å². The first-order chi connectivity index (χ1) is 8.61. The van der Waals surface area contributed by atoms with Crippen LogP contribution in [-0.2, 0) is 0 Å². The molecule has 100 valence electrons. The van der Waals surface area contributed by atoms with E-state index in [1.54, 1.807) is 0 Å². The second-order valence-corrected chi connectivity index (χ2v) is 6.23. The molecule has 1 aliphatic heterocycles. The summed E-state index contributed by atoms with van der Waals surface area (Å²) in [5.74, 6) is 0. The lowest BCUT2D eigenvalue weighted by atomic mass is 10.0. The van der Waals surface area contributed by atoms with Gasteiger partial charge in [-0.25, -0.2) is 0 Å². The zero-order valence-corrected chi connectivity index (χ0v) is 13.4. The fourth-order valence-electron chi connectivity index (χ4n) is 2.67. The van der Waals surface area contributed by atoms with E-state index >= 15 is 0 Å². The normalized spacial score (nSPS) is 17.9. The van der Waals surface area contributed by atoms with E-state index in [-0.39, 0.29) is 0 Å². The smallest absolute Gasteiger partial charge is 0.0600 e. The molecule has 0 saturated carbocycles. The number of anilines is 2. The van der Waals surface area contributed by atoms with Gasteiger partial charge in [0.05, 0.1) is 11.4 Å². The average molecular weight is 359 g/mol. The third-order valence-electron chi connectivity index (χ3n) is 3.92. The van der Waals surface area contributed by atoms with Crippen molar-refractivity contribution >= 4 is 34.0 Å². The predicted octanol–water partition coefficient (Wildman–Crippen LogP) is 2.79. The lowest BCUT2D eigenvalue weighted by Crippen LogP contribution is -2.43. The summed E-state index contributed by atoms with van der Waals surface area (Å²) in [6.45, 7) is 5.81. The molecule has 0 amide bonds. The maximum absolute atomic E-state index is 6.13. The molecular formula is C14H22IN3. The highest BCUT2D eigenvalue weighted by atomic mass is 127. The van der Waals surface area contributed by atoms with Crippen LogP contribution in [0.3, 0.4) is 0 Å². The minimum Gasteiger partial charge on any atom is -0.397 e. The molecule has 3 nitrogen and oxygen atoms in total. The molecule has 4 heteroatoms. The molecule has 0 spiro atoms. The van der Waals surface area contributed by atoms with Gasteiger partial charge in [0.2, 0.25) is 0 Å². The molecule has 0 bridgehead atoms. The molecule has 0 aromatic heterocycles. The van der Waals surface area contributed by atoms with Crippen LogP contribution >= 0.6 is 22.6 Å². The average Bonchev–Trinajstić information content (AvgIpc) is 2.38. The van der Waals surface area contributed by atoms with Crippen LogP contribution in [0.4, 0.5) is 11.4 Å². The van der Waals surface area contributed by atoms with Crippen molar-refractivity contribution in [2.45, 2.75) is 25.8 Å². The Kier molecular flexibility index (Phi) is 4.72. The Morgan fingerprint density at radius 3 is 2.61 bits per heavy atom.